The summed E-state index contributed by atoms with van der Waals surface area (Å²) in [4.78, 5) is 25.9. The van der Waals surface area contributed by atoms with Crippen molar-refractivity contribution in [1.82, 2.24) is 19.8 Å². The third-order valence-electron chi connectivity index (χ3n) is 7.33. The Hall–Kier alpha value is -3.24. The van der Waals surface area contributed by atoms with Gasteiger partial charge in [0.1, 0.15) is 11.4 Å². The summed E-state index contributed by atoms with van der Waals surface area (Å²) in [6.07, 6.45) is -0.277. The van der Waals surface area contributed by atoms with Crippen molar-refractivity contribution in [1.29, 1.82) is 0 Å². The minimum Gasteiger partial charge on any atom is -0.439 e. The molecule has 2 aromatic heterocycles. The summed E-state index contributed by atoms with van der Waals surface area (Å²) in [5, 5.41) is 0.751. The highest BCUT2D eigenvalue weighted by Crippen LogP contribution is 2.33. The number of rotatable bonds is 4. The second-order valence-corrected chi connectivity index (χ2v) is 9.60. The van der Waals surface area contributed by atoms with Gasteiger partial charge in [0.25, 0.3) is 5.91 Å². The fourth-order valence-corrected chi connectivity index (χ4v) is 5.45. The number of ether oxygens (including phenoxy) is 2. The number of hydrogen-bond acceptors (Lipinski definition) is 6. The van der Waals surface area contributed by atoms with E-state index in [0.717, 1.165) is 50.1 Å². The van der Waals surface area contributed by atoms with Gasteiger partial charge in [-0.1, -0.05) is 6.07 Å². The van der Waals surface area contributed by atoms with Crippen molar-refractivity contribution in [3.05, 3.63) is 59.9 Å². The lowest BCUT2D eigenvalue weighted by Gasteiger charge is -2.40. The van der Waals surface area contributed by atoms with Crippen LogP contribution in [0.4, 0.5) is 13.2 Å². The summed E-state index contributed by atoms with van der Waals surface area (Å²) in [7, 11) is 0. The number of fused-ring (bicyclic) bond motifs is 3. The Morgan fingerprint density at radius 3 is 2.56 bits per heavy atom. The topological polar surface area (TPSA) is 67.8 Å². The van der Waals surface area contributed by atoms with E-state index in [-0.39, 0.29) is 11.8 Å². The third-order valence-corrected chi connectivity index (χ3v) is 7.33. The number of morpholine rings is 1. The maximum absolute atomic E-state index is 13.1. The molecular weight excluding hydrogens is 473 g/mol. The Morgan fingerprint density at radius 1 is 1.06 bits per heavy atom. The van der Waals surface area contributed by atoms with Gasteiger partial charge in [0.2, 0.25) is 5.88 Å². The SMILES string of the molecule is O=C(c1ccc2cc(Oc3ccc(C(F)(F)F)cn3)ccc2n1)N1CCC(N2C[C@@H]3C[C@H]2CO3)CC1. The molecule has 7 nitrogen and oxygen atoms in total. The van der Waals surface area contributed by atoms with Crippen LogP contribution >= 0.6 is 0 Å². The summed E-state index contributed by atoms with van der Waals surface area (Å²) in [6.45, 7) is 3.27. The van der Waals surface area contributed by atoms with Gasteiger partial charge in [0.15, 0.2) is 0 Å². The van der Waals surface area contributed by atoms with Crippen LogP contribution in [0.25, 0.3) is 10.9 Å². The van der Waals surface area contributed by atoms with Crippen molar-refractivity contribution in [3.8, 4) is 11.6 Å². The standard InChI is InChI=1S/C26H25F3N4O3/c27-26(28,29)17-2-6-24(30-13-17)36-20-3-5-22-16(11-20)1-4-23(31-22)25(34)32-9-7-18(8-10-32)33-14-21-12-19(33)15-35-21/h1-6,11,13,18-19,21H,7-10,12,14-15H2/t19-,21-/m0/s1. The Bertz CT molecular complexity index is 1280. The largest absolute Gasteiger partial charge is 0.439 e. The molecule has 0 aliphatic carbocycles. The van der Waals surface area contributed by atoms with E-state index in [1.165, 1.54) is 6.07 Å². The molecule has 36 heavy (non-hydrogen) atoms. The molecule has 0 saturated carbocycles. The van der Waals surface area contributed by atoms with Crippen molar-refractivity contribution in [3.63, 3.8) is 0 Å². The molecule has 188 valence electrons. The van der Waals surface area contributed by atoms with E-state index in [4.69, 9.17) is 9.47 Å². The number of carbonyl (C=O) groups is 1. The van der Waals surface area contributed by atoms with Gasteiger partial charge >= 0.3 is 6.18 Å². The molecule has 3 aliphatic heterocycles. The Morgan fingerprint density at radius 2 is 1.89 bits per heavy atom. The number of likely N-dealkylation sites (tertiary alicyclic amines) is 2. The average molecular weight is 499 g/mol. The maximum atomic E-state index is 13.1. The first kappa shape index (κ1) is 23.2. The highest BCUT2D eigenvalue weighted by molar-refractivity contribution is 5.95. The number of carbonyl (C=O) groups excluding carboxylic acids is 1. The number of piperidine rings is 1. The number of alkyl halides is 3. The first-order valence-electron chi connectivity index (χ1n) is 12.1. The van der Waals surface area contributed by atoms with Crippen LogP contribution in [0, 0.1) is 0 Å². The Labute approximate surface area is 205 Å². The van der Waals surface area contributed by atoms with Gasteiger partial charge in [-0.25, -0.2) is 9.97 Å². The summed E-state index contributed by atoms with van der Waals surface area (Å²) in [5.41, 5.74) is 0.195. The number of benzene rings is 1. The predicted molar refractivity (Wildman–Crippen MR) is 125 cm³/mol. The molecule has 0 spiro atoms. The quantitative estimate of drug-likeness (QED) is 0.527. The Kier molecular flexibility index (Phi) is 5.80. The third kappa shape index (κ3) is 4.51. The van der Waals surface area contributed by atoms with Crippen molar-refractivity contribution < 1.29 is 27.4 Å². The molecule has 0 radical (unpaired) electrons. The van der Waals surface area contributed by atoms with Gasteiger partial charge in [-0.05, 0) is 49.6 Å². The molecule has 2 atom stereocenters. The van der Waals surface area contributed by atoms with Crippen molar-refractivity contribution in [2.24, 2.45) is 0 Å². The number of aromatic nitrogens is 2. The zero-order valence-electron chi connectivity index (χ0n) is 19.4. The highest BCUT2D eigenvalue weighted by atomic mass is 19.4. The Balaban J connectivity index is 1.10. The lowest BCUT2D eigenvalue weighted by molar-refractivity contribution is -0.137. The van der Waals surface area contributed by atoms with Crippen LogP contribution < -0.4 is 4.74 Å². The van der Waals surface area contributed by atoms with Crippen molar-refractivity contribution in [2.45, 2.75) is 43.6 Å². The van der Waals surface area contributed by atoms with E-state index in [1.54, 1.807) is 30.3 Å². The molecule has 1 aromatic carbocycles. The maximum Gasteiger partial charge on any atom is 0.417 e. The van der Waals surface area contributed by atoms with Crippen LogP contribution in [0.2, 0.25) is 0 Å². The van der Waals surface area contributed by atoms with Crippen LogP contribution in [-0.2, 0) is 10.9 Å². The summed E-state index contributed by atoms with van der Waals surface area (Å²) >= 11 is 0. The monoisotopic (exact) mass is 498 g/mol. The number of amides is 1. The molecule has 3 aromatic rings. The fraction of sp³-hybridized carbons (Fsp3) is 0.423. The smallest absolute Gasteiger partial charge is 0.417 e. The van der Waals surface area contributed by atoms with Crippen LogP contribution in [0.15, 0.2) is 48.7 Å². The van der Waals surface area contributed by atoms with Crippen LogP contribution in [0.5, 0.6) is 11.6 Å². The molecular formula is C26H25F3N4O3. The van der Waals surface area contributed by atoms with E-state index < -0.39 is 11.7 Å². The predicted octanol–water partition coefficient (Wildman–Crippen LogP) is 4.52. The lowest BCUT2D eigenvalue weighted by Crippen LogP contribution is -2.50. The van der Waals surface area contributed by atoms with Crippen LogP contribution in [0.1, 0.15) is 35.3 Å². The average Bonchev–Trinajstić information content (AvgIpc) is 3.52. The first-order valence-corrected chi connectivity index (χ1v) is 12.1. The summed E-state index contributed by atoms with van der Waals surface area (Å²) < 4.78 is 49.5. The first-order chi connectivity index (χ1) is 17.3. The minimum absolute atomic E-state index is 0.0554. The molecule has 3 aliphatic rings. The zero-order valence-corrected chi connectivity index (χ0v) is 19.4. The lowest BCUT2D eigenvalue weighted by atomic mass is 10.0. The van der Waals surface area contributed by atoms with Crippen molar-refractivity contribution in [2.75, 3.05) is 26.2 Å². The van der Waals surface area contributed by atoms with E-state index in [9.17, 15) is 18.0 Å². The van der Waals surface area contributed by atoms with Crippen LogP contribution in [-0.4, -0.2) is 70.1 Å². The van der Waals surface area contributed by atoms with Gasteiger partial charge in [-0.3, -0.25) is 9.69 Å². The van der Waals surface area contributed by atoms with Gasteiger partial charge in [-0.15, -0.1) is 0 Å². The molecule has 3 fully saturated rings. The van der Waals surface area contributed by atoms with Gasteiger partial charge in [0.05, 0.1) is 23.8 Å². The van der Waals surface area contributed by atoms with Crippen molar-refractivity contribution >= 4 is 16.8 Å². The molecule has 0 N–H and O–H groups in total. The molecule has 1 amide bonds. The van der Waals surface area contributed by atoms with E-state index in [1.807, 2.05) is 4.90 Å². The number of pyridine rings is 2. The second kappa shape index (κ2) is 9.01. The van der Waals surface area contributed by atoms with E-state index in [2.05, 4.69) is 14.9 Å². The summed E-state index contributed by atoms with van der Waals surface area (Å²) in [5.74, 6) is 0.398. The normalized spacial score (nSPS) is 22.9. The van der Waals surface area contributed by atoms with Gasteiger partial charge in [0, 0.05) is 49.4 Å². The van der Waals surface area contributed by atoms with E-state index in [0.29, 0.717) is 48.2 Å². The van der Waals surface area contributed by atoms with E-state index >= 15 is 0 Å². The molecule has 10 heteroatoms. The number of hydrogen-bond donors (Lipinski definition) is 0. The molecule has 6 rings (SSSR count). The zero-order chi connectivity index (χ0) is 24.9. The molecule has 5 heterocycles. The molecule has 3 saturated heterocycles. The molecule has 0 unspecified atom stereocenters. The number of nitrogens with zero attached hydrogens (tertiary/aromatic N) is 4. The number of halogens is 3. The highest BCUT2D eigenvalue weighted by Gasteiger charge is 2.43. The summed E-state index contributed by atoms with van der Waals surface area (Å²) in [6, 6.07) is 11.7. The van der Waals surface area contributed by atoms with Crippen LogP contribution in [0.3, 0.4) is 0 Å². The van der Waals surface area contributed by atoms with Gasteiger partial charge in [-0.2, -0.15) is 13.2 Å². The van der Waals surface area contributed by atoms with Gasteiger partial charge < -0.3 is 14.4 Å². The minimum atomic E-state index is -4.45. The fourth-order valence-electron chi connectivity index (χ4n) is 5.45. The second-order valence-electron chi connectivity index (χ2n) is 9.60. The molecule has 2 bridgehead atoms.